The lowest BCUT2D eigenvalue weighted by Gasteiger charge is -2.30. The van der Waals surface area contributed by atoms with Gasteiger partial charge in [-0.3, -0.25) is 9.69 Å². The van der Waals surface area contributed by atoms with Crippen LogP contribution in [0.5, 0.6) is 5.75 Å². The van der Waals surface area contributed by atoms with E-state index in [1.165, 1.54) is 12.1 Å². The summed E-state index contributed by atoms with van der Waals surface area (Å²) in [4.78, 5) is 12.8. The summed E-state index contributed by atoms with van der Waals surface area (Å²) in [5, 5.41) is 18.7. The Labute approximate surface area is 112 Å². The number of carboxylic acid groups (broad SMARTS) is 1. The van der Waals surface area contributed by atoms with Crippen molar-refractivity contribution in [3.8, 4) is 5.75 Å². The number of hydrogen-bond acceptors (Lipinski definition) is 3. The normalized spacial score (nSPS) is 14.4. The molecule has 2 atom stereocenters. The molecule has 0 bridgehead atoms. The van der Waals surface area contributed by atoms with Gasteiger partial charge in [0.15, 0.2) is 0 Å². The topological polar surface area (TPSA) is 60.8 Å². The summed E-state index contributed by atoms with van der Waals surface area (Å²) in [6.07, 6.45) is 0. The standard InChI is InChI=1S/C14H20FNO3/c1-4-16(8-9(2)14(18)19)10(3)12-6-5-11(15)7-13(12)17/h5-7,9-10,17H,4,8H2,1-3H3,(H,18,19). The first-order valence-corrected chi connectivity index (χ1v) is 6.32. The number of aromatic hydroxyl groups is 1. The Balaban J connectivity index is 2.88. The maximum Gasteiger partial charge on any atom is 0.307 e. The highest BCUT2D eigenvalue weighted by atomic mass is 19.1. The average Bonchev–Trinajstić information content (AvgIpc) is 2.34. The molecule has 5 heteroatoms. The van der Waals surface area contributed by atoms with Gasteiger partial charge in [0.2, 0.25) is 0 Å². The van der Waals surface area contributed by atoms with Crippen molar-refractivity contribution >= 4 is 5.97 Å². The van der Waals surface area contributed by atoms with Crippen molar-refractivity contribution in [2.45, 2.75) is 26.8 Å². The minimum absolute atomic E-state index is 0.103. The van der Waals surface area contributed by atoms with Crippen molar-refractivity contribution in [3.05, 3.63) is 29.6 Å². The third kappa shape index (κ3) is 3.92. The van der Waals surface area contributed by atoms with Crippen molar-refractivity contribution < 1.29 is 19.4 Å². The predicted octanol–water partition coefficient (Wildman–Crippen LogP) is 2.63. The van der Waals surface area contributed by atoms with Crippen LogP contribution in [0, 0.1) is 11.7 Å². The highest BCUT2D eigenvalue weighted by Crippen LogP contribution is 2.29. The van der Waals surface area contributed by atoms with E-state index in [4.69, 9.17) is 5.11 Å². The average molecular weight is 269 g/mol. The Kier molecular flexibility index (Phi) is 5.30. The van der Waals surface area contributed by atoms with Gasteiger partial charge in [-0.05, 0) is 19.5 Å². The van der Waals surface area contributed by atoms with Crippen molar-refractivity contribution in [1.82, 2.24) is 4.90 Å². The summed E-state index contributed by atoms with van der Waals surface area (Å²) in [6.45, 7) is 6.46. The second kappa shape index (κ2) is 6.52. The van der Waals surface area contributed by atoms with Gasteiger partial charge in [-0.1, -0.05) is 19.9 Å². The highest BCUT2D eigenvalue weighted by molar-refractivity contribution is 5.69. The van der Waals surface area contributed by atoms with Gasteiger partial charge in [-0.2, -0.15) is 0 Å². The number of aliphatic carboxylic acids is 1. The Bertz CT molecular complexity index is 450. The molecule has 19 heavy (non-hydrogen) atoms. The predicted molar refractivity (Wildman–Crippen MR) is 70.5 cm³/mol. The van der Waals surface area contributed by atoms with Crippen LogP contribution in [-0.2, 0) is 4.79 Å². The minimum atomic E-state index is -0.853. The SMILES string of the molecule is CCN(CC(C)C(=O)O)C(C)c1ccc(F)cc1O. The van der Waals surface area contributed by atoms with E-state index in [2.05, 4.69) is 0 Å². The summed E-state index contributed by atoms with van der Waals surface area (Å²) in [5.74, 6) is -1.94. The zero-order valence-electron chi connectivity index (χ0n) is 11.4. The molecule has 0 aromatic heterocycles. The molecule has 0 fully saturated rings. The smallest absolute Gasteiger partial charge is 0.307 e. The van der Waals surface area contributed by atoms with Crippen LogP contribution in [-0.4, -0.2) is 34.2 Å². The van der Waals surface area contributed by atoms with Gasteiger partial charge >= 0.3 is 5.97 Å². The molecule has 1 rings (SSSR count). The first-order valence-electron chi connectivity index (χ1n) is 6.32. The van der Waals surface area contributed by atoms with Gasteiger partial charge in [-0.25, -0.2) is 4.39 Å². The fraction of sp³-hybridized carbons (Fsp3) is 0.500. The largest absolute Gasteiger partial charge is 0.508 e. The number of halogens is 1. The Morgan fingerprint density at radius 3 is 2.53 bits per heavy atom. The molecule has 0 aliphatic heterocycles. The van der Waals surface area contributed by atoms with Gasteiger partial charge in [0, 0.05) is 24.2 Å². The summed E-state index contributed by atoms with van der Waals surface area (Å²) < 4.78 is 13.0. The van der Waals surface area contributed by atoms with Gasteiger partial charge < -0.3 is 10.2 Å². The van der Waals surface area contributed by atoms with Crippen molar-refractivity contribution in [2.75, 3.05) is 13.1 Å². The summed E-state index contributed by atoms with van der Waals surface area (Å²) in [7, 11) is 0. The van der Waals surface area contributed by atoms with E-state index in [-0.39, 0.29) is 11.8 Å². The molecule has 0 saturated carbocycles. The minimum Gasteiger partial charge on any atom is -0.508 e. The van der Waals surface area contributed by atoms with E-state index in [1.54, 1.807) is 6.92 Å². The van der Waals surface area contributed by atoms with Crippen molar-refractivity contribution in [2.24, 2.45) is 5.92 Å². The molecular formula is C14H20FNO3. The number of carbonyl (C=O) groups is 1. The zero-order valence-corrected chi connectivity index (χ0v) is 11.4. The molecular weight excluding hydrogens is 249 g/mol. The third-order valence-corrected chi connectivity index (χ3v) is 3.33. The highest BCUT2D eigenvalue weighted by Gasteiger charge is 2.22. The summed E-state index contributed by atoms with van der Waals surface area (Å²) in [5.41, 5.74) is 0.598. The molecule has 0 saturated heterocycles. The first kappa shape index (κ1) is 15.4. The Morgan fingerprint density at radius 2 is 2.05 bits per heavy atom. The fourth-order valence-electron chi connectivity index (χ4n) is 2.06. The molecule has 2 unspecified atom stereocenters. The van der Waals surface area contributed by atoms with E-state index in [9.17, 15) is 14.3 Å². The molecule has 106 valence electrons. The van der Waals surface area contributed by atoms with E-state index in [0.29, 0.717) is 18.7 Å². The molecule has 1 aromatic rings. The molecule has 0 aliphatic carbocycles. The molecule has 0 aliphatic rings. The van der Waals surface area contributed by atoms with Crippen LogP contribution in [0.4, 0.5) is 4.39 Å². The molecule has 1 aromatic carbocycles. The zero-order chi connectivity index (χ0) is 14.6. The summed E-state index contributed by atoms with van der Waals surface area (Å²) in [6, 6.07) is 3.72. The number of phenols is 1. The van der Waals surface area contributed by atoms with E-state index >= 15 is 0 Å². The number of carboxylic acids is 1. The molecule has 2 N–H and O–H groups in total. The van der Waals surface area contributed by atoms with Gasteiger partial charge in [0.1, 0.15) is 11.6 Å². The number of nitrogens with zero attached hydrogens (tertiary/aromatic N) is 1. The molecule has 0 heterocycles. The van der Waals surface area contributed by atoms with Crippen molar-refractivity contribution in [1.29, 1.82) is 0 Å². The van der Waals surface area contributed by atoms with Gasteiger partial charge in [0.25, 0.3) is 0 Å². The quantitative estimate of drug-likeness (QED) is 0.833. The number of rotatable bonds is 6. The Morgan fingerprint density at radius 1 is 1.42 bits per heavy atom. The second-order valence-corrected chi connectivity index (χ2v) is 4.71. The van der Waals surface area contributed by atoms with Gasteiger partial charge in [0.05, 0.1) is 5.92 Å². The molecule has 0 spiro atoms. The summed E-state index contributed by atoms with van der Waals surface area (Å²) >= 11 is 0. The van der Waals surface area contributed by atoms with Gasteiger partial charge in [-0.15, -0.1) is 0 Å². The lowest BCUT2D eigenvalue weighted by Crippen LogP contribution is -2.33. The van der Waals surface area contributed by atoms with Crippen LogP contribution in [0.2, 0.25) is 0 Å². The van der Waals surface area contributed by atoms with Crippen LogP contribution in [0.3, 0.4) is 0 Å². The maximum absolute atomic E-state index is 13.0. The molecule has 0 amide bonds. The fourth-order valence-corrected chi connectivity index (χ4v) is 2.06. The Hall–Kier alpha value is -1.62. The number of benzene rings is 1. The van der Waals surface area contributed by atoms with Crippen molar-refractivity contribution in [3.63, 3.8) is 0 Å². The number of phenolic OH excluding ortho intramolecular Hbond substituents is 1. The van der Waals surface area contributed by atoms with Crippen LogP contribution in [0.25, 0.3) is 0 Å². The molecule has 4 nitrogen and oxygen atoms in total. The maximum atomic E-state index is 13.0. The molecule has 0 radical (unpaired) electrons. The van der Waals surface area contributed by atoms with E-state index in [1.807, 2.05) is 18.7 Å². The lowest BCUT2D eigenvalue weighted by atomic mass is 10.0. The second-order valence-electron chi connectivity index (χ2n) is 4.71. The van der Waals surface area contributed by atoms with E-state index in [0.717, 1.165) is 6.07 Å². The third-order valence-electron chi connectivity index (χ3n) is 3.33. The lowest BCUT2D eigenvalue weighted by molar-refractivity contribution is -0.141. The van der Waals surface area contributed by atoms with Crippen LogP contribution in [0.15, 0.2) is 18.2 Å². The number of hydrogen-bond donors (Lipinski definition) is 2. The van der Waals surface area contributed by atoms with Crippen LogP contribution >= 0.6 is 0 Å². The van der Waals surface area contributed by atoms with E-state index < -0.39 is 17.7 Å². The first-order chi connectivity index (χ1) is 8.86. The monoisotopic (exact) mass is 269 g/mol. The van der Waals surface area contributed by atoms with Crippen LogP contribution in [0.1, 0.15) is 32.4 Å². The van der Waals surface area contributed by atoms with Crippen LogP contribution < -0.4 is 0 Å².